The SMILES string of the molecule is CC1(CCC2=CCC=CC=C2O)NC(=O)N(N)C1=O. The van der Waals surface area contributed by atoms with Crippen LogP contribution in [0.25, 0.3) is 0 Å². The van der Waals surface area contributed by atoms with Gasteiger partial charge in [-0.05, 0) is 37.8 Å². The molecule has 0 aromatic carbocycles. The number of amides is 3. The van der Waals surface area contributed by atoms with Gasteiger partial charge in [0, 0.05) is 0 Å². The van der Waals surface area contributed by atoms with Crippen LogP contribution in [0.4, 0.5) is 4.79 Å². The number of rotatable bonds is 3. The fourth-order valence-electron chi connectivity index (χ4n) is 2.15. The van der Waals surface area contributed by atoms with Gasteiger partial charge in [-0.2, -0.15) is 5.01 Å². The van der Waals surface area contributed by atoms with Gasteiger partial charge in [-0.1, -0.05) is 18.2 Å². The van der Waals surface area contributed by atoms with Gasteiger partial charge in [0.2, 0.25) is 0 Å². The van der Waals surface area contributed by atoms with Gasteiger partial charge >= 0.3 is 6.03 Å². The van der Waals surface area contributed by atoms with Crippen molar-refractivity contribution >= 4 is 11.9 Å². The molecule has 4 N–H and O–H groups in total. The molecule has 19 heavy (non-hydrogen) atoms. The number of imide groups is 1. The van der Waals surface area contributed by atoms with E-state index in [1.54, 1.807) is 19.1 Å². The summed E-state index contributed by atoms with van der Waals surface area (Å²) in [6, 6.07) is -0.594. The number of urea groups is 1. The standard InChI is InChI=1S/C13H17N3O3/c1-13(11(18)16(14)12(19)15-13)8-7-9-5-3-2-4-6-10(9)17/h2,4-6,17H,3,7-8,14H2,1H3,(H,15,19). The molecule has 1 heterocycles. The normalized spacial score (nSPS) is 26.9. The van der Waals surface area contributed by atoms with Crippen LogP contribution in [0.5, 0.6) is 0 Å². The number of carbonyl (C=O) groups is 2. The first-order valence-electron chi connectivity index (χ1n) is 6.10. The maximum absolute atomic E-state index is 11.9. The predicted molar refractivity (Wildman–Crippen MR) is 69.8 cm³/mol. The molecule has 1 fully saturated rings. The van der Waals surface area contributed by atoms with Crippen molar-refractivity contribution in [2.45, 2.75) is 31.7 Å². The summed E-state index contributed by atoms with van der Waals surface area (Å²) in [7, 11) is 0. The first kappa shape index (κ1) is 13.4. The highest BCUT2D eigenvalue weighted by Gasteiger charge is 2.46. The molecule has 1 aliphatic heterocycles. The van der Waals surface area contributed by atoms with Gasteiger partial charge in [-0.3, -0.25) is 4.79 Å². The zero-order chi connectivity index (χ0) is 14.0. The summed E-state index contributed by atoms with van der Waals surface area (Å²) < 4.78 is 0. The number of hydrogen-bond acceptors (Lipinski definition) is 4. The van der Waals surface area contributed by atoms with E-state index in [4.69, 9.17) is 5.84 Å². The molecular formula is C13H17N3O3. The summed E-state index contributed by atoms with van der Waals surface area (Å²) in [4.78, 5) is 23.2. The van der Waals surface area contributed by atoms with E-state index in [0.717, 1.165) is 12.0 Å². The molecule has 0 aromatic rings. The van der Waals surface area contributed by atoms with E-state index in [-0.39, 0.29) is 5.76 Å². The second-order valence-corrected chi connectivity index (χ2v) is 4.88. The minimum atomic E-state index is -1.01. The molecule has 0 bridgehead atoms. The van der Waals surface area contributed by atoms with Crippen LogP contribution in [-0.4, -0.2) is 27.6 Å². The van der Waals surface area contributed by atoms with Crippen molar-refractivity contribution in [3.8, 4) is 0 Å². The Hall–Kier alpha value is -2.08. The van der Waals surface area contributed by atoms with Gasteiger partial charge in [-0.15, -0.1) is 0 Å². The summed E-state index contributed by atoms with van der Waals surface area (Å²) >= 11 is 0. The van der Waals surface area contributed by atoms with Crippen molar-refractivity contribution in [3.05, 3.63) is 35.6 Å². The van der Waals surface area contributed by atoms with E-state index < -0.39 is 17.5 Å². The third-order valence-electron chi connectivity index (χ3n) is 3.41. The number of carbonyl (C=O) groups excluding carboxylic acids is 2. The van der Waals surface area contributed by atoms with E-state index in [1.165, 1.54) is 0 Å². The molecule has 1 atom stereocenters. The highest BCUT2D eigenvalue weighted by atomic mass is 16.3. The van der Waals surface area contributed by atoms with Crippen LogP contribution in [-0.2, 0) is 4.79 Å². The summed E-state index contributed by atoms with van der Waals surface area (Å²) in [5, 5.41) is 13.0. The van der Waals surface area contributed by atoms with Gasteiger partial charge in [0.25, 0.3) is 5.91 Å². The number of hydrogen-bond donors (Lipinski definition) is 3. The average Bonchev–Trinajstić information content (AvgIpc) is 2.55. The zero-order valence-electron chi connectivity index (χ0n) is 10.7. The number of aliphatic hydroxyl groups excluding tert-OH is 1. The molecule has 2 rings (SSSR count). The molecule has 0 aromatic heterocycles. The van der Waals surface area contributed by atoms with Crippen LogP contribution < -0.4 is 11.2 Å². The van der Waals surface area contributed by atoms with Gasteiger partial charge in [-0.25, -0.2) is 10.6 Å². The molecular weight excluding hydrogens is 246 g/mol. The fourth-order valence-corrected chi connectivity index (χ4v) is 2.15. The van der Waals surface area contributed by atoms with Crippen LogP contribution in [0.3, 0.4) is 0 Å². The summed E-state index contributed by atoms with van der Waals surface area (Å²) in [5.41, 5.74) is -0.240. The van der Waals surface area contributed by atoms with E-state index >= 15 is 0 Å². The van der Waals surface area contributed by atoms with Crippen molar-refractivity contribution in [3.63, 3.8) is 0 Å². The van der Waals surface area contributed by atoms with E-state index in [0.29, 0.717) is 17.9 Å². The number of aliphatic hydroxyl groups is 1. The Balaban J connectivity index is 2.05. The summed E-state index contributed by atoms with van der Waals surface area (Å²) in [5.74, 6) is 5.09. The number of allylic oxidation sites excluding steroid dienone is 5. The molecule has 102 valence electrons. The van der Waals surface area contributed by atoms with Crippen molar-refractivity contribution in [1.29, 1.82) is 0 Å². The predicted octanol–water partition coefficient (Wildman–Crippen LogP) is 1.28. The Kier molecular flexibility index (Phi) is 3.44. The Morgan fingerprint density at radius 3 is 2.89 bits per heavy atom. The van der Waals surface area contributed by atoms with Gasteiger partial charge in [0.05, 0.1) is 0 Å². The molecule has 1 unspecified atom stereocenters. The zero-order valence-corrected chi connectivity index (χ0v) is 10.7. The molecule has 6 heteroatoms. The first-order chi connectivity index (χ1) is 8.94. The van der Waals surface area contributed by atoms with Gasteiger partial charge < -0.3 is 10.4 Å². The van der Waals surface area contributed by atoms with Crippen molar-refractivity contribution < 1.29 is 14.7 Å². The third-order valence-corrected chi connectivity index (χ3v) is 3.41. The maximum atomic E-state index is 11.9. The third kappa shape index (κ3) is 2.53. The highest BCUT2D eigenvalue weighted by Crippen LogP contribution is 2.26. The van der Waals surface area contributed by atoms with Crippen molar-refractivity contribution in [2.24, 2.45) is 5.84 Å². The molecule has 1 saturated heterocycles. The molecule has 0 radical (unpaired) electrons. The van der Waals surface area contributed by atoms with Crippen LogP contribution in [0.2, 0.25) is 0 Å². The fraction of sp³-hybridized carbons (Fsp3) is 0.385. The van der Waals surface area contributed by atoms with Crippen molar-refractivity contribution in [1.82, 2.24) is 10.3 Å². The summed E-state index contributed by atoms with van der Waals surface area (Å²) in [6.45, 7) is 1.64. The van der Waals surface area contributed by atoms with Crippen LogP contribution >= 0.6 is 0 Å². The summed E-state index contributed by atoms with van der Waals surface area (Å²) in [6.07, 6.45) is 8.83. The lowest BCUT2D eigenvalue weighted by Gasteiger charge is -2.21. The van der Waals surface area contributed by atoms with E-state index in [9.17, 15) is 14.7 Å². The molecule has 0 saturated carbocycles. The van der Waals surface area contributed by atoms with Gasteiger partial charge in [0.15, 0.2) is 0 Å². The quantitative estimate of drug-likeness (QED) is 0.406. The average molecular weight is 263 g/mol. The van der Waals surface area contributed by atoms with Gasteiger partial charge in [0.1, 0.15) is 11.3 Å². The van der Waals surface area contributed by atoms with Crippen LogP contribution in [0, 0.1) is 0 Å². The Morgan fingerprint density at radius 1 is 1.53 bits per heavy atom. The van der Waals surface area contributed by atoms with Crippen LogP contribution in [0.15, 0.2) is 35.6 Å². The minimum absolute atomic E-state index is 0.193. The topological polar surface area (TPSA) is 95.7 Å². The number of nitrogens with one attached hydrogen (secondary N) is 1. The highest BCUT2D eigenvalue weighted by molar-refractivity contribution is 6.06. The first-order valence-corrected chi connectivity index (χ1v) is 6.10. The lowest BCUT2D eigenvalue weighted by molar-refractivity contribution is -0.131. The molecule has 3 amide bonds. The molecule has 1 aliphatic carbocycles. The number of nitrogens with two attached hydrogens (primary N) is 1. The monoisotopic (exact) mass is 263 g/mol. The second kappa shape index (κ2) is 4.89. The largest absolute Gasteiger partial charge is 0.508 e. The van der Waals surface area contributed by atoms with E-state index in [2.05, 4.69) is 5.32 Å². The van der Waals surface area contributed by atoms with Crippen LogP contribution in [0.1, 0.15) is 26.2 Å². The molecule has 6 nitrogen and oxygen atoms in total. The van der Waals surface area contributed by atoms with Crippen molar-refractivity contribution in [2.75, 3.05) is 0 Å². The number of hydrazine groups is 1. The smallest absolute Gasteiger partial charge is 0.339 e. The Morgan fingerprint density at radius 2 is 2.26 bits per heavy atom. The maximum Gasteiger partial charge on any atom is 0.339 e. The second-order valence-electron chi connectivity index (χ2n) is 4.88. The minimum Gasteiger partial charge on any atom is -0.508 e. The molecule has 0 spiro atoms. The Labute approximate surface area is 111 Å². The Bertz CT molecular complexity index is 507. The molecule has 2 aliphatic rings. The lowest BCUT2D eigenvalue weighted by Crippen LogP contribution is -2.44. The van der Waals surface area contributed by atoms with E-state index in [1.807, 2.05) is 12.2 Å². The number of nitrogens with zero attached hydrogens (tertiary/aromatic N) is 1. The lowest BCUT2D eigenvalue weighted by atomic mass is 9.92.